The summed E-state index contributed by atoms with van der Waals surface area (Å²) < 4.78 is 2.32. The van der Waals surface area contributed by atoms with Gasteiger partial charge >= 0.3 is 0 Å². The van der Waals surface area contributed by atoms with Gasteiger partial charge in [0.05, 0.1) is 17.6 Å². The second-order valence-corrected chi connectivity index (χ2v) is 7.57. The molecule has 1 aromatic carbocycles. The molecule has 1 saturated heterocycles. The highest BCUT2D eigenvalue weighted by molar-refractivity contribution is 5.93. The lowest BCUT2D eigenvalue weighted by atomic mass is 10.2. The van der Waals surface area contributed by atoms with Gasteiger partial charge in [0.1, 0.15) is 5.82 Å². The molecule has 0 radical (unpaired) electrons. The fourth-order valence-electron chi connectivity index (χ4n) is 3.57. The van der Waals surface area contributed by atoms with Crippen molar-refractivity contribution in [3.63, 3.8) is 0 Å². The van der Waals surface area contributed by atoms with Gasteiger partial charge in [-0.3, -0.25) is 9.69 Å². The van der Waals surface area contributed by atoms with E-state index in [4.69, 9.17) is 4.98 Å². The van der Waals surface area contributed by atoms with Crippen LogP contribution in [0.5, 0.6) is 0 Å². The highest BCUT2D eigenvalue weighted by atomic mass is 16.1. The van der Waals surface area contributed by atoms with E-state index in [1.165, 1.54) is 0 Å². The number of piperazine rings is 1. The normalized spacial score (nSPS) is 16.5. The number of imidazole rings is 1. The first-order valence-corrected chi connectivity index (χ1v) is 9.69. The molecule has 0 aliphatic carbocycles. The quantitative estimate of drug-likeness (QED) is 0.863. The first-order chi connectivity index (χ1) is 12.5. The highest BCUT2D eigenvalue weighted by Crippen LogP contribution is 2.25. The van der Waals surface area contributed by atoms with E-state index >= 15 is 0 Å². The number of nitrogens with one attached hydrogen (secondary N) is 1. The number of likely N-dealkylation sites (N-methyl/N-ethyl adjacent to an activating group) is 1. The zero-order valence-corrected chi connectivity index (χ0v) is 16.5. The SMILES string of the molecule is CCCC(=O)Nc1ccc2c(c1)nc(CN1CCN(C)CC1)n2C(C)C. The van der Waals surface area contributed by atoms with Gasteiger partial charge in [-0.05, 0) is 45.5 Å². The van der Waals surface area contributed by atoms with Crippen LogP contribution in [0, 0.1) is 0 Å². The minimum absolute atomic E-state index is 0.0628. The zero-order valence-electron chi connectivity index (χ0n) is 16.5. The van der Waals surface area contributed by atoms with Crippen molar-refractivity contribution >= 4 is 22.6 Å². The summed E-state index contributed by atoms with van der Waals surface area (Å²) in [5, 5.41) is 2.98. The van der Waals surface area contributed by atoms with Gasteiger partial charge in [-0.1, -0.05) is 6.92 Å². The lowest BCUT2D eigenvalue weighted by Gasteiger charge is -2.32. The Balaban J connectivity index is 1.85. The van der Waals surface area contributed by atoms with Gasteiger partial charge in [0.15, 0.2) is 0 Å². The van der Waals surface area contributed by atoms with E-state index in [2.05, 4.69) is 46.6 Å². The van der Waals surface area contributed by atoms with Gasteiger partial charge in [-0.15, -0.1) is 0 Å². The monoisotopic (exact) mass is 357 g/mol. The third-order valence-electron chi connectivity index (χ3n) is 5.00. The minimum Gasteiger partial charge on any atom is -0.326 e. The molecule has 2 heterocycles. The number of benzene rings is 1. The van der Waals surface area contributed by atoms with Crippen LogP contribution in [0.2, 0.25) is 0 Å². The molecule has 6 heteroatoms. The van der Waals surface area contributed by atoms with Crippen LogP contribution in [-0.2, 0) is 11.3 Å². The van der Waals surface area contributed by atoms with Crippen LogP contribution in [-0.4, -0.2) is 58.5 Å². The van der Waals surface area contributed by atoms with Crippen molar-refractivity contribution in [3.05, 3.63) is 24.0 Å². The Bertz CT molecular complexity index is 759. The molecule has 1 aliphatic rings. The summed E-state index contributed by atoms with van der Waals surface area (Å²) in [4.78, 5) is 21.6. The van der Waals surface area contributed by atoms with Crippen LogP contribution < -0.4 is 5.32 Å². The number of nitrogens with zero attached hydrogens (tertiary/aromatic N) is 4. The molecule has 0 atom stereocenters. The van der Waals surface area contributed by atoms with Crippen molar-refractivity contribution in [1.29, 1.82) is 0 Å². The van der Waals surface area contributed by atoms with Crippen LogP contribution in [0.15, 0.2) is 18.2 Å². The Labute approximate surface area is 156 Å². The molecular weight excluding hydrogens is 326 g/mol. The number of rotatable bonds is 6. The lowest BCUT2D eigenvalue weighted by molar-refractivity contribution is -0.116. The van der Waals surface area contributed by atoms with E-state index in [1.54, 1.807) is 0 Å². The van der Waals surface area contributed by atoms with Crippen molar-refractivity contribution in [3.8, 4) is 0 Å². The molecule has 1 aliphatic heterocycles. The highest BCUT2D eigenvalue weighted by Gasteiger charge is 2.19. The van der Waals surface area contributed by atoms with E-state index in [0.29, 0.717) is 12.5 Å². The number of aromatic nitrogens is 2. The van der Waals surface area contributed by atoms with Crippen LogP contribution in [0.3, 0.4) is 0 Å². The summed E-state index contributed by atoms with van der Waals surface area (Å²) in [7, 11) is 2.18. The number of fused-ring (bicyclic) bond motifs is 1. The molecule has 1 N–H and O–H groups in total. The van der Waals surface area contributed by atoms with E-state index in [-0.39, 0.29) is 5.91 Å². The van der Waals surface area contributed by atoms with Crippen LogP contribution >= 0.6 is 0 Å². The van der Waals surface area contributed by atoms with Gasteiger partial charge in [0, 0.05) is 44.3 Å². The summed E-state index contributed by atoms with van der Waals surface area (Å²) in [5.74, 6) is 1.17. The molecular formula is C20H31N5O. The molecule has 0 unspecified atom stereocenters. The van der Waals surface area contributed by atoms with E-state index < -0.39 is 0 Å². The molecule has 0 saturated carbocycles. The van der Waals surface area contributed by atoms with Gasteiger partial charge in [-0.25, -0.2) is 4.98 Å². The fourth-order valence-corrected chi connectivity index (χ4v) is 3.57. The van der Waals surface area contributed by atoms with Crippen molar-refractivity contribution in [1.82, 2.24) is 19.4 Å². The number of hydrogen-bond donors (Lipinski definition) is 1. The van der Waals surface area contributed by atoms with Crippen molar-refractivity contribution in [2.75, 3.05) is 38.5 Å². The number of carbonyl (C=O) groups excluding carboxylic acids is 1. The summed E-state index contributed by atoms with van der Waals surface area (Å²) >= 11 is 0. The van der Waals surface area contributed by atoms with Crippen LogP contribution in [0.4, 0.5) is 5.69 Å². The van der Waals surface area contributed by atoms with Gasteiger partial charge in [-0.2, -0.15) is 0 Å². The molecule has 2 aromatic rings. The van der Waals surface area contributed by atoms with Crippen LogP contribution in [0.1, 0.15) is 45.5 Å². The zero-order chi connectivity index (χ0) is 18.7. The molecule has 1 amide bonds. The van der Waals surface area contributed by atoms with E-state index in [9.17, 15) is 4.79 Å². The predicted molar refractivity (Wildman–Crippen MR) is 106 cm³/mol. The summed E-state index contributed by atoms with van der Waals surface area (Å²) in [5.41, 5.74) is 2.92. The maximum atomic E-state index is 11.9. The molecule has 1 fully saturated rings. The predicted octanol–water partition coefficient (Wildman–Crippen LogP) is 3.10. The molecule has 3 rings (SSSR count). The van der Waals surface area contributed by atoms with Crippen molar-refractivity contribution in [2.24, 2.45) is 0 Å². The second kappa shape index (κ2) is 8.18. The molecule has 1 aromatic heterocycles. The second-order valence-electron chi connectivity index (χ2n) is 7.57. The van der Waals surface area contributed by atoms with E-state index in [0.717, 1.165) is 61.7 Å². The largest absolute Gasteiger partial charge is 0.326 e. The Kier molecular flexibility index (Phi) is 5.94. The van der Waals surface area contributed by atoms with Gasteiger partial charge < -0.3 is 14.8 Å². The molecule has 142 valence electrons. The summed E-state index contributed by atoms with van der Waals surface area (Å²) in [6, 6.07) is 6.41. The minimum atomic E-state index is 0.0628. The van der Waals surface area contributed by atoms with Gasteiger partial charge in [0.25, 0.3) is 0 Å². The van der Waals surface area contributed by atoms with E-state index in [1.807, 2.05) is 19.1 Å². The summed E-state index contributed by atoms with van der Waals surface area (Å²) in [6.07, 6.45) is 1.40. The standard InChI is InChI=1S/C20H31N5O/c1-5-6-20(26)21-16-7-8-18-17(13-16)22-19(25(18)15(2)3)14-24-11-9-23(4)10-12-24/h7-8,13,15H,5-6,9-12,14H2,1-4H3,(H,21,26). The fraction of sp³-hybridized carbons (Fsp3) is 0.600. The maximum Gasteiger partial charge on any atom is 0.224 e. The first-order valence-electron chi connectivity index (χ1n) is 9.69. The number of anilines is 1. The topological polar surface area (TPSA) is 53.4 Å². The third kappa shape index (κ3) is 4.24. The maximum absolute atomic E-state index is 11.9. The van der Waals surface area contributed by atoms with Gasteiger partial charge in [0.2, 0.25) is 5.91 Å². The molecule has 26 heavy (non-hydrogen) atoms. The average molecular weight is 358 g/mol. The number of hydrogen-bond acceptors (Lipinski definition) is 4. The Morgan fingerprint density at radius 1 is 1.23 bits per heavy atom. The molecule has 0 spiro atoms. The third-order valence-corrected chi connectivity index (χ3v) is 5.00. The molecule has 0 bridgehead atoms. The number of carbonyl (C=O) groups is 1. The van der Waals surface area contributed by atoms with Crippen molar-refractivity contribution < 1.29 is 4.79 Å². The Morgan fingerprint density at radius 3 is 2.62 bits per heavy atom. The Hall–Kier alpha value is -1.92. The van der Waals surface area contributed by atoms with Crippen LogP contribution in [0.25, 0.3) is 11.0 Å². The lowest BCUT2D eigenvalue weighted by Crippen LogP contribution is -2.44. The van der Waals surface area contributed by atoms with Crippen molar-refractivity contribution in [2.45, 2.75) is 46.2 Å². The smallest absolute Gasteiger partial charge is 0.224 e. The Morgan fingerprint density at radius 2 is 1.96 bits per heavy atom. The average Bonchev–Trinajstić information content (AvgIpc) is 2.94. The number of amides is 1. The first kappa shape index (κ1) is 18.9. The summed E-state index contributed by atoms with van der Waals surface area (Å²) in [6.45, 7) is 11.7. The molecule has 6 nitrogen and oxygen atoms in total.